The molecule has 1 aliphatic rings. The Morgan fingerprint density at radius 1 is 1.33 bits per heavy atom. The first-order valence-corrected chi connectivity index (χ1v) is 7.40. The Labute approximate surface area is 111 Å². The number of hydrogen-bond acceptors (Lipinski definition) is 3. The van der Waals surface area contributed by atoms with E-state index in [4.69, 9.17) is 5.73 Å². The number of carbonyl (C=O) groups is 1. The van der Waals surface area contributed by atoms with Gasteiger partial charge in [0.25, 0.3) is 0 Å². The number of nitrogens with one attached hydrogen (secondary N) is 1. The first-order chi connectivity index (χ1) is 8.65. The summed E-state index contributed by atoms with van der Waals surface area (Å²) in [4.78, 5) is 14.1. The van der Waals surface area contributed by atoms with E-state index >= 15 is 0 Å². The summed E-state index contributed by atoms with van der Waals surface area (Å²) in [5, 5.41) is 3.02. The number of nitrogens with zero attached hydrogens (tertiary/aromatic N) is 1. The first kappa shape index (κ1) is 15.4. The highest BCUT2D eigenvalue weighted by Crippen LogP contribution is 2.25. The standard InChI is InChI=1S/C14H29N3O/c1-3-17(4-2)9-8-16-14(18)11-12-6-5-7-13(15)10-12/h12-13H,3-11,15H2,1-2H3,(H,16,18). The fourth-order valence-corrected chi connectivity index (χ4v) is 2.75. The largest absolute Gasteiger partial charge is 0.355 e. The molecule has 0 bridgehead atoms. The molecule has 1 fully saturated rings. The smallest absolute Gasteiger partial charge is 0.220 e. The van der Waals surface area contributed by atoms with Crippen LogP contribution < -0.4 is 11.1 Å². The average molecular weight is 255 g/mol. The third-order valence-electron chi connectivity index (χ3n) is 3.94. The van der Waals surface area contributed by atoms with Crippen LogP contribution in [0.2, 0.25) is 0 Å². The van der Waals surface area contributed by atoms with Crippen molar-refractivity contribution in [2.24, 2.45) is 11.7 Å². The van der Waals surface area contributed by atoms with Crippen LogP contribution in [0.5, 0.6) is 0 Å². The summed E-state index contributed by atoms with van der Waals surface area (Å²) in [5.74, 6) is 0.698. The molecule has 4 nitrogen and oxygen atoms in total. The van der Waals surface area contributed by atoms with Crippen LogP contribution in [0.15, 0.2) is 0 Å². The summed E-state index contributed by atoms with van der Waals surface area (Å²) in [5.41, 5.74) is 5.94. The molecule has 1 rings (SSSR count). The van der Waals surface area contributed by atoms with E-state index in [-0.39, 0.29) is 5.91 Å². The first-order valence-electron chi connectivity index (χ1n) is 7.40. The molecule has 0 aromatic rings. The van der Waals surface area contributed by atoms with Crippen molar-refractivity contribution >= 4 is 5.91 Å². The zero-order chi connectivity index (χ0) is 13.4. The van der Waals surface area contributed by atoms with Crippen molar-refractivity contribution in [2.75, 3.05) is 26.2 Å². The molecular weight excluding hydrogens is 226 g/mol. The highest BCUT2D eigenvalue weighted by atomic mass is 16.1. The van der Waals surface area contributed by atoms with Crippen molar-refractivity contribution < 1.29 is 4.79 Å². The van der Waals surface area contributed by atoms with Crippen LogP contribution in [-0.4, -0.2) is 43.0 Å². The molecule has 1 aliphatic carbocycles. The summed E-state index contributed by atoms with van der Waals surface area (Å²) in [6, 6.07) is 0.312. The Balaban J connectivity index is 2.13. The number of rotatable bonds is 7. The second kappa shape index (κ2) is 8.48. The van der Waals surface area contributed by atoms with Gasteiger partial charge in [0, 0.05) is 25.6 Å². The van der Waals surface area contributed by atoms with Gasteiger partial charge < -0.3 is 16.0 Å². The topological polar surface area (TPSA) is 58.4 Å². The van der Waals surface area contributed by atoms with Crippen molar-refractivity contribution in [1.29, 1.82) is 0 Å². The van der Waals surface area contributed by atoms with E-state index in [1.807, 2.05) is 0 Å². The summed E-state index contributed by atoms with van der Waals surface area (Å²) in [6.07, 6.45) is 5.14. The number of nitrogens with two attached hydrogens (primary N) is 1. The van der Waals surface area contributed by atoms with Crippen LogP contribution in [0.4, 0.5) is 0 Å². The summed E-state index contributed by atoms with van der Waals surface area (Å²) >= 11 is 0. The van der Waals surface area contributed by atoms with Crippen LogP contribution >= 0.6 is 0 Å². The van der Waals surface area contributed by atoms with Crippen molar-refractivity contribution in [3.63, 3.8) is 0 Å². The lowest BCUT2D eigenvalue weighted by atomic mass is 9.84. The monoisotopic (exact) mass is 255 g/mol. The Kier molecular flexibility index (Phi) is 7.28. The van der Waals surface area contributed by atoms with Gasteiger partial charge in [-0.25, -0.2) is 0 Å². The van der Waals surface area contributed by atoms with Crippen LogP contribution in [0.25, 0.3) is 0 Å². The van der Waals surface area contributed by atoms with Gasteiger partial charge in [0.1, 0.15) is 0 Å². The van der Waals surface area contributed by atoms with Crippen molar-refractivity contribution in [3.8, 4) is 0 Å². The van der Waals surface area contributed by atoms with Gasteiger partial charge in [-0.2, -0.15) is 0 Å². The summed E-state index contributed by atoms with van der Waals surface area (Å²) in [6.45, 7) is 8.10. The van der Waals surface area contributed by atoms with Gasteiger partial charge in [0.15, 0.2) is 0 Å². The molecule has 2 unspecified atom stereocenters. The number of hydrogen-bond donors (Lipinski definition) is 2. The molecule has 0 heterocycles. The zero-order valence-corrected chi connectivity index (χ0v) is 12.0. The molecule has 2 atom stereocenters. The number of likely N-dealkylation sites (N-methyl/N-ethyl adjacent to an activating group) is 1. The Morgan fingerprint density at radius 3 is 2.67 bits per heavy atom. The van der Waals surface area contributed by atoms with E-state index < -0.39 is 0 Å². The van der Waals surface area contributed by atoms with Gasteiger partial charge in [0.05, 0.1) is 0 Å². The van der Waals surface area contributed by atoms with E-state index in [1.54, 1.807) is 0 Å². The van der Waals surface area contributed by atoms with Gasteiger partial charge in [-0.3, -0.25) is 4.79 Å². The SMILES string of the molecule is CCN(CC)CCNC(=O)CC1CCCC(N)C1. The van der Waals surface area contributed by atoms with Gasteiger partial charge >= 0.3 is 0 Å². The molecule has 0 aromatic heterocycles. The van der Waals surface area contributed by atoms with Crippen molar-refractivity contribution in [1.82, 2.24) is 10.2 Å². The fourth-order valence-electron chi connectivity index (χ4n) is 2.75. The van der Waals surface area contributed by atoms with E-state index in [9.17, 15) is 4.79 Å². The van der Waals surface area contributed by atoms with Crippen LogP contribution in [-0.2, 0) is 4.79 Å². The number of carbonyl (C=O) groups excluding carboxylic acids is 1. The quantitative estimate of drug-likeness (QED) is 0.722. The highest BCUT2D eigenvalue weighted by molar-refractivity contribution is 5.76. The normalized spacial score (nSPS) is 24.2. The number of amides is 1. The summed E-state index contributed by atoms with van der Waals surface area (Å²) < 4.78 is 0. The molecule has 18 heavy (non-hydrogen) atoms. The second-order valence-corrected chi connectivity index (χ2v) is 5.37. The molecule has 3 N–H and O–H groups in total. The minimum Gasteiger partial charge on any atom is -0.355 e. The predicted octanol–water partition coefficient (Wildman–Crippen LogP) is 1.35. The van der Waals surface area contributed by atoms with Crippen molar-refractivity contribution in [3.05, 3.63) is 0 Å². The molecule has 0 aromatic carbocycles. The van der Waals surface area contributed by atoms with Gasteiger partial charge in [-0.15, -0.1) is 0 Å². The lowest BCUT2D eigenvalue weighted by Crippen LogP contribution is -2.36. The van der Waals surface area contributed by atoms with E-state index in [0.717, 1.165) is 45.4 Å². The Hall–Kier alpha value is -0.610. The van der Waals surface area contributed by atoms with E-state index in [2.05, 4.69) is 24.1 Å². The van der Waals surface area contributed by atoms with Crippen molar-refractivity contribution in [2.45, 2.75) is 52.0 Å². The zero-order valence-electron chi connectivity index (χ0n) is 12.0. The van der Waals surface area contributed by atoms with Gasteiger partial charge in [0.2, 0.25) is 5.91 Å². The second-order valence-electron chi connectivity index (χ2n) is 5.37. The molecule has 0 spiro atoms. The molecule has 1 saturated carbocycles. The van der Waals surface area contributed by atoms with E-state index in [1.165, 1.54) is 6.42 Å². The molecule has 0 aliphatic heterocycles. The Morgan fingerprint density at radius 2 is 2.06 bits per heavy atom. The van der Waals surface area contributed by atoms with Gasteiger partial charge in [-0.05, 0) is 38.3 Å². The Bertz CT molecular complexity index is 241. The minimum absolute atomic E-state index is 0.196. The minimum atomic E-state index is 0.196. The maximum Gasteiger partial charge on any atom is 0.220 e. The van der Waals surface area contributed by atoms with Gasteiger partial charge in [-0.1, -0.05) is 20.3 Å². The molecule has 1 amide bonds. The maximum atomic E-state index is 11.8. The average Bonchev–Trinajstić information content (AvgIpc) is 2.34. The lowest BCUT2D eigenvalue weighted by molar-refractivity contribution is -0.122. The molecular formula is C14H29N3O. The molecule has 0 radical (unpaired) electrons. The molecule has 106 valence electrons. The third kappa shape index (κ3) is 5.83. The van der Waals surface area contributed by atoms with E-state index in [0.29, 0.717) is 18.4 Å². The third-order valence-corrected chi connectivity index (χ3v) is 3.94. The highest BCUT2D eigenvalue weighted by Gasteiger charge is 2.21. The summed E-state index contributed by atoms with van der Waals surface area (Å²) in [7, 11) is 0. The lowest BCUT2D eigenvalue weighted by Gasteiger charge is -2.26. The maximum absolute atomic E-state index is 11.8. The molecule has 0 saturated heterocycles. The van der Waals surface area contributed by atoms with Crippen LogP contribution in [0, 0.1) is 5.92 Å². The predicted molar refractivity (Wildman–Crippen MR) is 75.3 cm³/mol. The van der Waals surface area contributed by atoms with Crippen LogP contribution in [0.1, 0.15) is 46.0 Å². The fraction of sp³-hybridized carbons (Fsp3) is 0.929. The molecule has 4 heteroatoms. The van der Waals surface area contributed by atoms with Crippen LogP contribution in [0.3, 0.4) is 0 Å².